The van der Waals surface area contributed by atoms with Crippen molar-refractivity contribution in [1.29, 1.82) is 0 Å². The average Bonchev–Trinajstić information content (AvgIpc) is 2.68. The van der Waals surface area contributed by atoms with Gasteiger partial charge in [-0.15, -0.1) is 24.0 Å². The van der Waals surface area contributed by atoms with E-state index in [0.29, 0.717) is 19.6 Å². The van der Waals surface area contributed by atoms with Crippen molar-refractivity contribution in [2.45, 2.75) is 46.9 Å². The van der Waals surface area contributed by atoms with Crippen LogP contribution in [0.2, 0.25) is 0 Å². The molecule has 1 atom stereocenters. The number of nitrogens with zero attached hydrogens (tertiary/aromatic N) is 2. The SMILES string of the molecule is CCNC(=NCc1ccc(Cn2ccccc2=O)cc1)NCC(OC)C(C)(C)C.I. The molecule has 7 heteroatoms. The molecule has 0 aliphatic carbocycles. The maximum Gasteiger partial charge on any atom is 0.250 e. The van der Waals surface area contributed by atoms with E-state index >= 15 is 0 Å². The molecular formula is C23H35IN4O2. The van der Waals surface area contributed by atoms with Gasteiger partial charge in [-0.1, -0.05) is 51.1 Å². The number of halogens is 1. The molecule has 0 spiro atoms. The Bertz CT molecular complexity index is 841. The number of pyridine rings is 1. The predicted octanol–water partition coefficient (Wildman–Crippen LogP) is 3.63. The Kier molecular flexibility index (Phi) is 11.1. The first-order chi connectivity index (χ1) is 13.8. The Morgan fingerprint density at radius 1 is 1.10 bits per heavy atom. The lowest BCUT2D eigenvalue weighted by Gasteiger charge is -2.30. The van der Waals surface area contributed by atoms with Crippen molar-refractivity contribution in [3.05, 3.63) is 70.1 Å². The second-order valence-electron chi connectivity index (χ2n) is 8.15. The summed E-state index contributed by atoms with van der Waals surface area (Å²) in [5, 5.41) is 6.65. The number of aliphatic imine (C=N–C) groups is 1. The van der Waals surface area contributed by atoms with Crippen molar-refractivity contribution in [2.24, 2.45) is 10.4 Å². The molecule has 1 unspecified atom stereocenters. The van der Waals surface area contributed by atoms with Crippen LogP contribution in [0.3, 0.4) is 0 Å². The molecule has 166 valence electrons. The van der Waals surface area contributed by atoms with Gasteiger partial charge in [0.15, 0.2) is 5.96 Å². The molecule has 2 rings (SSSR count). The van der Waals surface area contributed by atoms with Crippen LogP contribution in [-0.4, -0.2) is 36.8 Å². The van der Waals surface area contributed by atoms with E-state index in [1.165, 1.54) is 0 Å². The smallest absolute Gasteiger partial charge is 0.250 e. The highest BCUT2D eigenvalue weighted by Gasteiger charge is 2.24. The van der Waals surface area contributed by atoms with E-state index < -0.39 is 0 Å². The summed E-state index contributed by atoms with van der Waals surface area (Å²) in [6.45, 7) is 11.2. The van der Waals surface area contributed by atoms with Gasteiger partial charge in [-0.3, -0.25) is 4.79 Å². The third-order valence-electron chi connectivity index (χ3n) is 4.74. The second kappa shape index (κ2) is 12.7. The molecule has 30 heavy (non-hydrogen) atoms. The molecule has 6 nitrogen and oxygen atoms in total. The molecule has 1 aromatic carbocycles. The van der Waals surface area contributed by atoms with Crippen LogP contribution in [0.1, 0.15) is 38.8 Å². The molecule has 0 bridgehead atoms. The van der Waals surface area contributed by atoms with E-state index in [-0.39, 0.29) is 41.1 Å². The van der Waals surface area contributed by atoms with E-state index in [1.807, 2.05) is 18.2 Å². The van der Waals surface area contributed by atoms with Crippen molar-refractivity contribution in [3.63, 3.8) is 0 Å². The van der Waals surface area contributed by atoms with Crippen LogP contribution in [0.15, 0.2) is 58.4 Å². The lowest BCUT2D eigenvalue weighted by molar-refractivity contribution is 0.0205. The van der Waals surface area contributed by atoms with Crippen molar-refractivity contribution < 1.29 is 4.74 Å². The minimum absolute atomic E-state index is 0. The summed E-state index contributed by atoms with van der Waals surface area (Å²) in [7, 11) is 1.74. The first-order valence-electron chi connectivity index (χ1n) is 10.1. The maximum atomic E-state index is 11.8. The van der Waals surface area contributed by atoms with Crippen LogP contribution in [-0.2, 0) is 17.8 Å². The minimum atomic E-state index is 0. The zero-order valence-electron chi connectivity index (χ0n) is 18.6. The molecule has 0 amide bonds. The van der Waals surface area contributed by atoms with Crippen LogP contribution in [0.5, 0.6) is 0 Å². The number of guanidine groups is 1. The number of benzene rings is 1. The van der Waals surface area contributed by atoms with Crippen LogP contribution in [0.4, 0.5) is 0 Å². The van der Waals surface area contributed by atoms with Gasteiger partial charge in [0, 0.05) is 32.5 Å². The van der Waals surface area contributed by atoms with Gasteiger partial charge < -0.3 is 19.9 Å². The fourth-order valence-corrected chi connectivity index (χ4v) is 2.98. The summed E-state index contributed by atoms with van der Waals surface area (Å²) < 4.78 is 7.30. The van der Waals surface area contributed by atoms with E-state index in [1.54, 1.807) is 30.0 Å². The zero-order valence-corrected chi connectivity index (χ0v) is 21.0. The molecule has 0 radical (unpaired) electrons. The second-order valence-corrected chi connectivity index (χ2v) is 8.15. The number of hydrogen-bond donors (Lipinski definition) is 2. The predicted molar refractivity (Wildman–Crippen MR) is 135 cm³/mol. The topological polar surface area (TPSA) is 67.7 Å². The summed E-state index contributed by atoms with van der Waals surface area (Å²) in [5.41, 5.74) is 2.26. The molecule has 0 saturated carbocycles. The van der Waals surface area contributed by atoms with Gasteiger partial charge in [0.2, 0.25) is 0 Å². The number of nitrogens with one attached hydrogen (secondary N) is 2. The molecule has 0 aliphatic rings. The Morgan fingerprint density at radius 3 is 2.33 bits per heavy atom. The van der Waals surface area contributed by atoms with Gasteiger partial charge in [0.05, 0.1) is 19.2 Å². The van der Waals surface area contributed by atoms with Gasteiger partial charge in [-0.25, -0.2) is 4.99 Å². The molecule has 0 aliphatic heterocycles. The van der Waals surface area contributed by atoms with E-state index in [9.17, 15) is 4.79 Å². The molecular weight excluding hydrogens is 491 g/mol. The third kappa shape index (κ3) is 8.47. The zero-order chi connectivity index (χ0) is 21.3. The Morgan fingerprint density at radius 2 is 1.77 bits per heavy atom. The quantitative estimate of drug-likeness (QED) is 0.313. The normalized spacial score (nSPS) is 12.8. The summed E-state index contributed by atoms with van der Waals surface area (Å²) in [6, 6.07) is 13.4. The van der Waals surface area contributed by atoms with Gasteiger partial charge in [-0.2, -0.15) is 0 Å². The maximum absolute atomic E-state index is 11.8. The van der Waals surface area contributed by atoms with Crippen molar-refractivity contribution in [1.82, 2.24) is 15.2 Å². The number of rotatable bonds is 8. The molecule has 1 aromatic heterocycles. The highest BCUT2D eigenvalue weighted by atomic mass is 127. The lowest BCUT2D eigenvalue weighted by Crippen LogP contribution is -2.45. The molecule has 1 heterocycles. The van der Waals surface area contributed by atoms with Crippen LogP contribution in [0, 0.1) is 5.41 Å². The summed E-state index contributed by atoms with van der Waals surface area (Å²) in [6.07, 6.45) is 1.90. The van der Waals surface area contributed by atoms with Crippen LogP contribution < -0.4 is 16.2 Å². The molecule has 2 N–H and O–H groups in total. The standard InChI is InChI=1S/C23H34N4O2.HI/c1-6-24-22(26-16-20(29-5)23(2,3)4)25-15-18-10-12-19(13-11-18)17-27-14-8-7-9-21(27)28;/h7-14,20H,6,15-17H2,1-5H3,(H2,24,25,26);1H. The summed E-state index contributed by atoms with van der Waals surface area (Å²) in [4.78, 5) is 16.5. The van der Waals surface area contributed by atoms with Crippen molar-refractivity contribution in [2.75, 3.05) is 20.2 Å². The fourth-order valence-electron chi connectivity index (χ4n) is 2.98. The van der Waals surface area contributed by atoms with Crippen molar-refractivity contribution >= 4 is 29.9 Å². The van der Waals surface area contributed by atoms with Crippen LogP contribution >= 0.6 is 24.0 Å². The Hall–Kier alpha value is -1.87. The van der Waals surface area contributed by atoms with Gasteiger partial charge >= 0.3 is 0 Å². The number of methoxy groups -OCH3 is 1. The highest BCUT2D eigenvalue weighted by molar-refractivity contribution is 14.0. The van der Waals surface area contributed by atoms with Gasteiger partial charge in [0.25, 0.3) is 5.56 Å². The van der Waals surface area contributed by atoms with Gasteiger partial charge in [-0.05, 0) is 29.5 Å². The molecule has 0 fully saturated rings. The van der Waals surface area contributed by atoms with Crippen molar-refractivity contribution in [3.8, 4) is 0 Å². The monoisotopic (exact) mass is 526 g/mol. The summed E-state index contributed by atoms with van der Waals surface area (Å²) in [5.74, 6) is 0.777. The van der Waals surface area contributed by atoms with E-state index in [2.05, 4.69) is 55.5 Å². The van der Waals surface area contributed by atoms with Gasteiger partial charge in [0.1, 0.15) is 0 Å². The largest absolute Gasteiger partial charge is 0.379 e. The fraction of sp³-hybridized carbons (Fsp3) is 0.478. The third-order valence-corrected chi connectivity index (χ3v) is 4.74. The Balaban J connectivity index is 0.00000450. The number of aromatic nitrogens is 1. The number of ether oxygens (including phenoxy) is 1. The molecule has 2 aromatic rings. The average molecular weight is 526 g/mol. The first-order valence-corrected chi connectivity index (χ1v) is 10.1. The lowest BCUT2D eigenvalue weighted by atomic mass is 9.89. The highest BCUT2D eigenvalue weighted by Crippen LogP contribution is 2.20. The van der Waals surface area contributed by atoms with E-state index in [4.69, 9.17) is 4.74 Å². The van der Waals surface area contributed by atoms with Crippen LogP contribution in [0.25, 0.3) is 0 Å². The Labute approximate surface area is 197 Å². The molecule has 0 saturated heterocycles. The van der Waals surface area contributed by atoms with E-state index in [0.717, 1.165) is 23.6 Å². The minimum Gasteiger partial charge on any atom is -0.379 e. The first kappa shape index (κ1) is 26.2. The summed E-state index contributed by atoms with van der Waals surface area (Å²) >= 11 is 0. The number of hydrogen-bond acceptors (Lipinski definition) is 3.